The number of Topliss-reactive ketones (excluding diaryl/α,β-unsaturated/α-hetero) is 1. The molecule has 3 heterocycles. The van der Waals surface area contributed by atoms with Crippen molar-refractivity contribution in [3.05, 3.63) is 0 Å². The van der Waals surface area contributed by atoms with Crippen LogP contribution in [0.25, 0.3) is 0 Å². The number of carboxylic acids is 1. The number of carbonyl (C=O) groups excluding carboxylic acids is 1. The molecule has 0 aromatic heterocycles. The van der Waals surface area contributed by atoms with Crippen molar-refractivity contribution < 1.29 is 19.4 Å². The quantitative estimate of drug-likeness (QED) is 0.481. The van der Waals surface area contributed by atoms with Gasteiger partial charge in [0.2, 0.25) is 0 Å². The Morgan fingerprint density at radius 2 is 2.15 bits per heavy atom. The van der Waals surface area contributed by atoms with Gasteiger partial charge in [0, 0.05) is 18.5 Å². The molecule has 3 rings (SSSR count). The van der Waals surface area contributed by atoms with Gasteiger partial charge < -0.3 is 20.9 Å². The molecule has 0 aromatic carbocycles. The summed E-state index contributed by atoms with van der Waals surface area (Å²) in [5.41, 5.74) is 5.82. The zero-order chi connectivity index (χ0) is 14.4. The highest BCUT2D eigenvalue weighted by Crippen LogP contribution is 2.37. The van der Waals surface area contributed by atoms with Gasteiger partial charge in [0.05, 0.1) is 24.1 Å². The number of carboxylic acid groups (broad SMARTS) is 1. The molecular weight excluding hydrogens is 262 g/mol. The molecule has 3 aliphatic heterocycles. The van der Waals surface area contributed by atoms with Crippen molar-refractivity contribution in [2.45, 2.75) is 44.3 Å². The molecular formula is C13H21N3O4. The molecule has 3 saturated heterocycles. The highest BCUT2D eigenvalue weighted by atomic mass is 16.5. The van der Waals surface area contributed by atoms with Crippen molar-refractivity contribution in [3.63, 3.8) is 0 Å². The van der Waals surface area contributed by atoms with E-state index in [9.17, 15) is 14.7 Å². The third-order valence-corrected chi connectivity index (χ3v) is 4.76. The van der Waals surface area contributed by atoms with Crippen molar-refractivity contribution >= 4 is 11.8 Å². The van der Waals surface area contributed by atoms with Crippen LogP contribution in [-0.4, -0.2) is 47.9 Å². The molecule has 7 unspecified atom stereocenters. The first-order valence-corrected chi connectivity index (χ1v) is 7.14. The van der Waals surface area contributed by atoms with Gasteiger partial charge in [-0.2, -0.15) is 0 Å². The van der Waals surface area contributed by atoms with Crippen LogP contribution in [0.1, 0.15) is 19.8 Å². The minimum absolute atomic E-state index is 0.127. The van der Waals surface area contributed by atoms with Crippen molar-refractivity contribution in [1.29, 1.82) is 0 Å². The lowest BCUT2D eigenvalue weighted by atomic mass is 9.74. The third-order valence-electron chi connectivity index (χ3n) is 4.76. The van der Waals surface area contributed by atoms with Crippen LogP contribution in [0, 0.1) is 17.8 Å². The number of hydrogen-bond donors (Lipinski definition) is 4. The van der Waals surface area contributed by atoms with Crippen molar-refractivity contribution in [2.24, 2.45) is 23.5 Å². The molecule has 0 amide bonds. The molecule has 7 heteroatoms. The van der Waals surface area contributed by atoms with E-state index in [4.69, 9.17) is 10.5 Å². The average molecular weight is 283 g/mol. The molecule has 0 radical (unpaired) electrons. The number of piperidine rings is 2. The summed E-state index contributed by atoms with van der Waals surface area (Å²) < 4.78 is 5.94. The molecule has 0 saturated carbocycles. The van der Waals surface area contributed by atoms with E-state index in [0.717, 1.165) is 6.42 Å². The van der Waals surface area contributed by atoms with Crippen molar-refractivity contribution in [1.82, 2.24) is 10.6 Å². The normalized spacial score (nSPS) is 48.3. The van der Waals surface area contributed by atoms with Crippen LogP contribution in [0.2, 0.25) is 0 Å². The molecule has 112 valence electrons. The minimum atomic E-state index is -0.961. The van der Waals surface area contributed by atoms with Crippen LogP contribution in [0.5, 0.6) is 0 Å². The lowest BCUT2D eigenvalue weighted by molar-refractivity contribution is -0.180. The summed E-state index contributed by atoms with van der Waals surface area (Å²) in [4.78, 5) is 23.8. The summed E-state index contributed by atoms with van der Waals surface area (Å²) in [6.07, 6.45) is -0.256. The second kappa shape index (κ2) is 5.07. The number of aliphatic carboxylic acids is 1. The summed E-state index contributed by atoms with van der Waals surface area (Å²) in [6, 6.07) is 0.287. The summed E-state index contributed by atoms with van der Waals surface area (Å²) >= 11 is 0. The maximum Gasteiger partial charge on any atom is 0.309 e. The number of rotatable bonds is 1. The molecule has 7 nitrogen and oxygen atoms in total. The SMILES string of the molecule is CC1CC2C(=O)C3CC(C(=O)O)C(N)NC3OC2CN1. The van der Waals surface area contributed by atoms with E-state index in [-0.39, 0.29) is 30.3 Å². The van der Waals surface area contributed by atoms with Crippen LogP contribution >= 0.6 is 0 Å². The van der Waals surface area contributed by atoms with Gasteiger partial charge in [-0.1, -0.05) is 0 Å². The van der Waals surface area contributed by atoms with Crippen LogP contribution < -0.4 is 16.4 Å². The Bertz CT molecular complexity index is 430. The van der Waals surface area contributed by atoms with Gasteiger partial charge in [0.1, 0.15) is 12.0 Å². The van der Waals surface area contributed by atoms with Gasteiger partial charge in [0.25, 0.3) is 0 Å². The number of nitrogens with two attached hydrogens (primary N) is 1. The smallest absolute Gasteiger partial charge is 0.309 e. The largest absolute Gasteiger partial charge is 0.481 e. The van der Waals surface area contributed by atoms with Crippen LogP contribution in [0.15, 0.2) is 0 Å². The predicted octanol–water partition coefficient (Wildman–Crippen LogP) is -1.13. The monoisotopic (exact) mass is 283 g/mol. The number of hydrogen-bond acceptors (Lipinski definition) is 6. The van der Waals surface area contributed by atoms with E-state index >= 15 is 0 Å². The fourth-order valence-corrected chi connectivity index (χ4v) is 3.60. The molecule has 3 aliphatic rings. The second-order valence-electron chi connectivity index (χ2n) is 6.13. The van der Waals surface area contributed by atoms with Gasteiger partial charge in [-0.05, 0) is 19.8 Å². The highest BCUT2D eigenvalue weighted by Gasteiger charge is 2.51. The highest BCUT2D eigenvalue weighted by molar-refractivity contribution is 5.86. The predicted molar refractivity (Wildman–Crippen MR) is 69.6 cm³/mol. The van der Waals surface area contributed by atoms with Crippen molar-refractivity contribution in [3.8, 4) is 0 Å². The lowest BCUT2D eigenvalue weighted by Gasteiger charge is -2.48. The maximum absolute atomic E-state index is 12.6. The van der Waals surface area contributed by atoms with Crippen LogP contribution in [0.3, 0.4) is 0 Å². The molecule has 7 atom stereocenters. The van der Waals surface area contributed by atoms with Gasteiger partial charge in [-0.25, -0.2) is 0 Å². The Kier molecular flexibility index (Phi) is 3.53. The molecule has 20 heavy (non-hydrogen) atoms. The number of ether oxygens (including phenoxy) is 1. The fourth-order valence-electron chi connectivity index (χ4n) is 3.60. The van der Waals surface area contributed by atoms with Gasteiger partial charge >= 0.3 is 5.97 Å². The molecule has 0 spiro atoms. The Labute approximate surface area is 117 Å². The summed E-state index contributed by atoms with van der Waals surface area (Å²) in [6.45, 7) is 2.70. The Balaban J connectivity index is 1.79. The molecule has 0 aromatic rings. The topological polar surface area (TPSA) is 114 Å². The minimum Gasteiger partial charge on any atom is -0.481 e. The number of fused-ring (bicyclic) bond motifs is 2. The number of ketones is 1. The fraction of sp³-hybridized carbons (Fsp3) is 0.846. The lowest BCUT2D eigenvalue weighted by Crippen LogP contribution is -2.67. The Morgan fingerprint density at radius 1 is 1.40 bits per heavy atom. The third kappa shape index (κ3) is 2.24. The van der Waals surface area contributed by atoms with Gasteiger partial charge in [0.15, 0.2) is 0 Å². The Hall–Kier alpha value is -1.02. The van der Waals surface area contributed by atoms with E-state index < -0.39 is 30.2 Å². The summed E-state index contributed by atoms with van der Waals surface area (Å²) in [7, 11) is 0. The van der Waals surface area contributed by atoms with E-state index in [1.807, 2.05) is 6.92 Å². The zero-order valence-corrected chi connectivity index (χ0v) is 11.4. The van der Waals surface area contributed by atoms with Crippen LogP contribution in [-0.2, 0) is 14.3 Å². The zero-order valence-electron chi connectivity index (χ0n) is 11.4. The molecule has 5 N–H and O–H groups in total. The van der Waals surface area contributed by atoms with Crippen molar-refractivity contribution in [2.75, 3.05) is 6.54 Å². The first kappa shape index (κ1) is 13.9. The number of carbonyl (C=O) groups is 2. The number of nitrogens with one attached hydrogen (secondary N) is 2. The van der Waals surface area contributed by atoms with Crippen LogP contribution in [0.4, 0.5) is 0 Å². The maximum atomic E-state index is 12.6. The Morgan fingerprint density at radius 3 is 2.85 bits per heavy atom. The second-order valence-corrected chi connectivity index (χ2v) is 6.13. The summed E-state index contributed by atoms with van der Waals surface area (Å²) in [5, 5.41) is 15.4. The first-order valence-electron chi connectivity index (χ1n) is 7.14. The molecule has 0 aliphatic carbocycles. The summed E-state index contributed by atoms with van der Waals surface area (Å²) in [5.74, 6) is -2.10. The van der Waals surface area contributed by atoms with E-state index in [1.54, 1.807) is 0 Å². The molecule has 0 bridgehead atoms. The van der Waals surface area contributed by atoms with E-state index in [1.165, 1.54) is 0 Å². The first-order chi connectivity index (χ1) is 9.47. The van der Waals surface area contributed by atoms with Gasteiger partial charge in [-0.15, -0.1) is 0 Å². The standard InChI is InChI=1S/C13H21N3O4/c1-5-2-6-9(4-15-5)20-12-7(10(6)17)3-8(13(18)19)11(14)16-12/h5-9,11-12,15-16H,2-4,14H2,1H3,(H,18,19). The van der Waals surface area contributed by atoms with E-state index in [2.05, 4.69) is 10.6 Å². The molecule has 3 fully saturated rings. The van der Waals surface area contributed by atoms with Gasteiger partial charge in [-0.3, -0.25) is 14.9 Å². The van der Waals surface area contributed by atoms with E-state index in [0.29, 0.717) is 6.54 Å². The average Bonchev–Trinajstić information content (AvgIpc) is 2.39.